The van der Waals surface area contributed by atoms with Crippen LogP contribution >= 0.6 is 11.8 Å². The van der Waals surface area contributed by atoms with Crippen LogP contribution in [0.25, 0.3) is 11.4 Å². The van der Waals surface area contributed by atoms with E-state index in [1.807, 2.05) is 60.9 Å². The van der Waals surface area contributed by atoms with E-state index in [1.165, 1.54) is 11.8 Å². The molecule has 0 radical (unpaired) electrons. The largest absolute Gasteiger partial charge is 0.494 e. The molecule has 0 unspecified atom stereocenters. The number of nitrogens with zero attached hydrogens (tertiary/aromatic N) is 3. The molecule has 0 aliphatic heterocycles. The summed E-state index contributed by atoms with van der Waals surface area (Å²) >= 11 is 1.34. The molecule has 1 amide bonds. The lowest BCUT2D eigenvalue weighted by atomic mass is 10.2. The van der Waals surface area contributed by atoms with E-state index in [-0.39, 0.29) is 11.7 Å². The van der Waals surface area contributed by atoms with Crippen molar-refractivity contribution in [3.05, 3.63) is 42.5 Å². The van der Waals surface area contributed by atoms with Crippen molar-refractivity contribution in [2.24, 2.45) is 0 Å². The van der Waals surface area contributed by atoms with Crippen LogP contribution in [-0.4, -0.2) is 47.3 Å². The Hall–Kier alpha value is -3.20. The third-order valence-corrected chi connectivity index (χ3v) is 5.42. The highest BCUT2D eigenvalue weighted by Crippen LogP contribution is 2.32. The molecule has 0 bridgehead atoms. The number of ether oxygens (including phenoxy) is 3. The Labute approximate surface area is 185 Å². The maximum absolute atomic E-state index is 12.4. The van der Waals surface area contributed by atoms with E-state index < -0.39 is 0 Å². The molecule has 1 heterocycles. The van der Waals surface area contributed by atoms with Gasteiger partial charge in [0.05, 0.1) is 26.6 Å². The molecule has 2 aromatic carbocycles. The molecule has 1 aromatic heterocycles. The Kier molecular flexibility index (Phi) is 7.77. The number of anilines is 1. The lowest BCUT2D eigenvalue weighted by molar-refractivity contribution is -0.113. The third kappa shape index (κ3) is 5.49. The van der Waals surface area contributed by atoms with E-state index in [2.05, 4.69) is 15.5 Å². The highest BCUT2D eigenvalue weighted by molar-refractivity contribution is 7.99. The predicted octanol–water partition coefficient (Wildman–Crippen LogP) is 4.11. The lowest BCUT2D eigenvalue weighted by Crippen LogP contribution is -2.14. The van der Waals surface area contributed by atoms with Crippen molar-refractivity contribution in [1.29, 1.82) is 0 Å². The summed E-state index contributed by atoms with van der Waals surface area (Å²) in [6.07, 6.45) is 0. The van der Waals surface area contributed by atoms with Crippen molar-refractivity contribution in [2.75, 3.05) is 31.9 Å². The Morgan fingerprint density at radius 2 is 1.77 bits per heavy atom. The van der Waals surface area contributed by atoms with E-state index in [9.17, 15) is 4.79 Å². The Balaban J connectivity index is 1.67. The van der Waals surface area contributed by atoms with Crippen molar-refractivity contribution in [1.82, 2.24) is 14.8 Å². The fourth-order valence-electron chi connectivity index (χ4n) is 3.00. The van der Waals surface area contributed by atoms with Gasteiger partial charge in [0.1, 0.15) is 5.75 Å². The molecule has 164 valence electrons. The average molecular weight is 443 g/mol. The summed E-state index contributed by atoms with van der Waals surface area (Å²) in [6, 6.07) is 12.9. The summed E-state index contributed by atoms with van der Waals surface area (Å²) in [6.45, 7) is 5.21. The van der Waals surface area contributed by atoms with Gasteiger partial charge in [0.2, 0.25) is 5.91 Å². The molecule has 3 rings (SSSR count). The SMILES string of the molecule is CCOc1ccc(NC(=O)CSc2nnc(-c3ccc(OC)c(OC)c3)n2CC)cc1. The van der Waals surface area contributed by atoms with Gasteiger partial charge in [-0.3, -0.25) is 4.79 Å². The summed E-state index contributed by atoms with van der Waals surface area (Å²) in [5.74, 6) is 2.85. The molecule has 0 aliphatic carbocycles. The standard InChI is InChI=1S/C22H26N4O4S/c1-5-26-21(15-7-12-18(28-3)19(13-15)29-4)24-25-22(26)31-14-20(27)23-16-8-10-17(11-9-16)30-6-2/h7-13H,5-6,14H2,1-4H3,(H,23,27). The van der Waals surface area contributed by atoms with Crippen LogP contribution in [0.15, 0.2) is 47.6 Å². The van der Waals surface area contributed by atoms with Crippen LogP contribution in [0, 0.1) is 0 Å². The fraction of sp³-hybridized carbons (Fsp3) is 0.318. The number of aromatic nitrogens is 3. The Morgan fingerprint density at radius 3 is 2.42 bits per heavy atom. The third-order valence-electron chi connectivity index (χ3n) is 4.46. The minimum Gasteiger partial charge on any atom is -0.494 e. The molecule has 0 fully saturated rings. The van der Waals surface area contributed by atoms with Gasteiger partial charge in [0.25, 0.3) is 0 Å². The van der Waals surface area contributed by atoms with Gasteiger partial charge in [0, 0.05) is 17.8 Å². The maximum Gasteiger partial charge on any atom is 0.234 e. The highest BCUT2D eigenvalue weighted by atomic mass is 32.2. The van der Waals surface area contributed by atoms with Crippen LogP contribution < -0.4 is 19.5 Å². The molecule has 0 saturated carbocycles. The van der Waals surface area contributed by atoms with Gasteiger partial charge in [-0.25, -0.2) is 0 Å². The smallest absolute Gasteiger partial charge is 0.234 e. The van der Waals surface area contributed by atoms with Gasteiger partial charge in [-0.15, -0.1) is 10.2 Å². The van der Waals surface area contributed by atoms with Crippen molar-refractivity contribution in [3.8, 4) is 28.6 Å². The number of benzene rings is 2. The number of carbonyl (C=O) groups is 1. The van der Waals surface area contributed by atoms with Gasteiger partial charge in [-0.05, 0) is 56.3 Å². The minimum absolute atomic E-state index is 0.118. The number of thioether (sulfide) groups is 1. The van der Waals surface area contributed by atoms with Crippen molar-refractivity contribution in [3.63, 3.8) is 0 Å². The molecular formula is C22H26N4O4S. The maximum atomic E-state index is 12.4. The topological polar surface area (TPSA) is 87.5 Å². The van der Waals surface area contributed by atoms with E-state index in [1.54, 1.807) is 14.2 Å². The number of hydrogen-bond donors (Lipinski definition) is 1. The molecule has 31 heavy (non-hydrogen) atoms. The molecule has 8 nitrogen and oxygen atoms in total. The molecule has 0 atom stereocenters. The average Bonchev–Trinajstić information content (AvgIpc) is 3.21. The molecule has 0 saturated heterocycles. The molecule has 1 N–H and O–H groups in total. The Bertz CT molecular complexity index is 1020. The van der Waals surface area contributed by atoms with E-state index in [4.69, 9.17) is 14.2 Å². The van der Waals surface area contributed by atoms with Crippen LogP contribution in [0.3, 0.4) is 0 Å². The van der Waals surface area contributed by atoms with Crippen LogP contribution in [0.1, 0.15) is 13.8 Å². The first kappa shape index (κ1) is 22.5. The van der Waals surface area contributed by atoms with Gasteiger partial charge in [-0.2, -0.15) is 0 Å². The van der Waals surface area contributed by atoms with Crippen LogP contribution in [-0.2, 0) is 11.3 Å². The minimum atomic E-state index is -0.118. The number of methoxy groups -OCH3 is 2. The molecular weight excluding hydrogens is 416 g/mol. The molecule has 9 heteroatoms. The quantitative estimate of drug-likeness (QED) is 0.473. The number of nitrogens with one attached hydrogen (secondary N) is 1. The van der Waals surface area contributed by atoms with Gasteiger partial charge in [0.15, 0.2) is 22.5 Å². The second kappa shape index (κ2) is 10.7. The summed E-state index contributed by atoms with van der Waals surface area (Å²) in [5, 5.41) is 12.2. The summed E-state index contributed by atoms with van der Waals surface area (Å²) in [4.78, 5) is 12.4. The number of hydrogen-bond acceptors (Lipinski definition) is 7. The fourth-order valence-corrected chi connectivity index (χ4v) is 3.80. The molecule has 3 aromatic rings. The van der Waals surface area contributed by atoms with Crippen LogP contribution in [0.4, 0.5) is 5.69 Å². The van der Waals surface area contributed by atoms with Crippen LogP contribution in [0.2, 0.25) is 0 Å². The van der Waals surface area contributed by atoms with E-state index in [0.29, 0.717) is 35.6 Å². The first-order chi connectivity index (χ1) is 15.1. The first-order valence-corrected chi connectivity index (χ1v) is 10.9. The van der Waals surface area contributed by atoms with E-state index >= 15 is 0 Å². The zero-order valence-electron chi connectivity index (χ0n) is 18.0. The summed E-state index contributed by atoms with van der Waals surface area (Å²) in [5.41, 5.74) is 1.58. The second-order valence-corrected chi connectivity index (χ2v) is 7.36. The molecule has 0 spiro atoms. The second-order valence-electron chi connectivity index (χ2n) is 6.41. The number of amides is 1. The first-order valence-electron chi connectivity index (χ1n) is 9.90. The lowest BCUT2D eigenvalue weighted by Gasteiger charge is -2.11. The van der Waals surface area contributed by atoms with Crippen molar-refractivity contribution < 1.29 is 19.0 Å². The number of rotatable bonds is 10. The number of carbonyl (C=O) groups excluding carboxylic acids is 1. The van der Waals surface area contributed by atoms with Crippen LogP contribution in [0.5, 0.6) is 17.2 Å². The zero-order chi connectivity index (χ0) is 22.2. The summed E-state index contributed by atoms with van der Waals surface area (Å²) in [7, 11) is 3.19. The normalized spacial score (nSPS) is 10.6. The van der Waals surface area contributed by atoms with Gasteiger partial charge < -0.3 is 24.1 Å². The van der Waals surface area contributed by atoms with Gasteiger partial charge >= 0.3 is 0 Å². The van der Waals surface area contributed by atoms with Crippen molar-refractivity contribution >= 4 is 23.4 Å². The highest BCUT2D eigenvalue weighted by Gasteiger charge is 2.16. The monoisotopic (exact) mass is 442 g/mol. The molecule has 0 aliphatic rings. The van der Waals surface area contributed by atoms with E-state index in [0.717, 1.165) is 17.0 Å². The van der Waals surface area contributed by atoms with Gasteiger partial charge in [-0.1, -0.05) is 11.8 Å². The zero-order valence-corrected chi connectivity index (χ0v) is 18.9. The van der Waals surface area contributed by atoms with Crippen molar-refractivity contribution in [2.45, 2.75) is 25.5 Å². The Morgan fingerprint density at radius 1 is 1.03 bits per heavy atom. The predicted molar refractivity (Wildman–Crippen MR) is 121 cm³/mol. The summed E-state index contributed by atoms with van der Waals surface area (Å²) < 4.78 is 18.1.